The maximum Gasteiger partial charge on any atom is 0.354 e. The number of anilines is 1. The topological polar surface area (TPSA) is 100 Å². The summed E-state index contributed by atoms with van der Waals surface area (Å²) in [5.41, 5.74) is 4.85. The molecule has 0 amide bonds. The Hall–Kier alpha value is -3.36. The Balaban J connectivity index is 0.000000214. The van der Waals surface area contributed by atoms with Crippen molar-refractivity contribution in [3.8, 4) is 11.1 Å². The number of aromatic nitrogens is 3. The number of halogens is 1. The molecule has 0 aliphatic heterocycles. The second kappa shape index (κ2) is 10.5. The van der Waals surface area contributed by atoms with Crippen molar-refractivity contribution in [3.05, 3.63) is 82.9 Å². The van der Waals surface area contributed by atoms with E-state index in [0.717, 1.165) is 29.3 Å². The van der Waals surface area contributed by atoms with E-state index in [1.807, 2.05) is 0 Å². The number of carboxylic acid groups (broad SMARTS) is 1. The van der Waals surface area contributed by atoms with Crippen LogP contribution in [0.2, 0.25) is 0 Å². The van der Waals surface area contributed by atoms with Crippen LogP contribution in [0.15, 0.2) is 71.6 Å². The molecule has 0 radical (unpaired) electrons. The van der Waals surface area contributed by atoms with Gasteiger partial charge in [0.15, 0.2) is 0 Å². The molecule has 0 saturated heterocycles. The highest BCUT2D eigenvalue weighted by Gasteiger charge is 2.22. The van der Waals surface area contributed by atoms with E-state index in [1.165, 1.54) is 48.4 Å². The largest absolute Gasteiger partial charge is 0.477 e. The van der Waals surface area contributed by atoms with Gasteiger partial charge in [0.25, 0.3) is 0 Å². The molecule has 4 aromatic rings. The molecular weight excluding hydrogens is 506 g/mol. The van der Waals surface area contributed by atoms with Crippen molar-refractivity contribution in [1.82, 2.24) is 20.3 Å². The van der Waals surface area contributed by atoms with Crippen LogP contribution >= 0.6 is 15.9 Å². The van der Waals surface area contributed by atoms with E-state index >= 15 is 0 Å². The molecule has 178 valence electrons. The summed E-state index contributed by atoms with van der Waals surface area (Å²) >= 11 is 3.06. The summed E-state index contributed by atoms with van der Waals surface area (Å²) in [5.74, 6) is -0.0535. The summed E-state index contributed by atoms with van der Waals surface area (Å²) in [7, 11) is 0. The maximum atomic E-state index is 10.3. The number of benzene rings is 2. The smallest absolute Gasteiger partial charge is 0.354 e. The zero-order valence-electron chi connectivity index (χ0n) is 19.1. The standard InChI is InChI=1S/C21H22N4.C6H4BrNO2/c1-2-14(12-22-17-5-6-17)10-15(3-1)16-4-9-20-19(11-16)21(24-13-23-20)25-18-7-8-18;7-5-3-1-2-4(8-5)6(9)10/h1-4,9-11,13,17-18,22H,5-8,12H2,(H,23,24,25);1-3H,(H,9,10). The lowest BCUT2D eigenvalue weighted by Crippen LogP contribution is -2.15. The predicted octanol–water partition coefficient (Wildman–Crippen LogP) is 5.67. The Bertz CT molecular complexity index is 1350. The Morgan fingerprint density at radius 3 is 2.43 bits per heavy atom. The Labute approximate surface area is 212 Å². The van der Waals surface area contributed by atoms with E-state index in [4.69, 9.17) is 5.11 Å². The molecule has 7 nitrogen and oxygen atoms in total. The quantitative estimate of drug-likeness (QED) is 0.264. The number of carboxylic acids is 1. The van der Waals surface area contributed by atoms with E-state index in [-0.39, 0.29) is 5.69 Å². The van der Waals surface area contributed by atoms with Gasteiger partial charge in [-0.3, -0.25) is 0 Å². The van der Waals surface area contributed by atoms with Gasteiger partial charge in [-0.05, 0) is 88.6 Å². The van der Waals surface area contributed by atoms with Crippen molar-refractivity contribution in [2.75, 3.05) is 5.32 Å². The van der Waals surface area contributed by atoms with Crippen molar-refractivity contribution >= 4 is 38.6 Å². The van der Waals surface area contributed by atoms with Gasteiger partial charge in [-0.15, -0.1) is 0 Å². The molecular formula is C27H26BrN5O2. The fraction of sp³-hybridized carbons (Fsp3) is 0.259. The van der Waals surface area contributed by atoms with Gasteiger partial charge in [0.2, 0.25) is 0 Å². The number of carbonyl (C=O) groups is 1. The summed E-state index contributed by atoms with van der Waals surface area (Å²) < 4.78 is 0.535. The molecule has 6 rings (SSSR count). The van der Waals surface area contributed by atoms with Crippen LogP contribution in [0.1, 0.15) is 41.7 Å². The van der Waals surface area contributed by atoms with Gasteiger partial charge >= 0.3 is 5.97 Å². The first kappa shape index (κ1) is 23.4. The average Bonchev–Trinajstić information content (AvgIpc) is 3.80. The molecule has 3 N–H and O–H groups in total. The van der Waals surface area contributed by atoms with E-state index in [2.05, 4.69) is 84.0 Å². The fourth-order valence-electron chi connectivity index (χ4n) is 3.71. The van der Waals surface area contributed by atoms with Crippen LogP contribution in [0, 0.1) is 0 Å². The van der Waals surface area contributed by atoms with Gasteiger partial charge in [0, 0.05) is 24.0 Å². The molecule has 2 aliphatic rings. The highest BCUT2D eigenvalue weighted by molar-refractivity contribution is 9.10. The number of hydrogen-bond donors (Lipinski definition) is 3. The zero-order valence-corrected chi connectivity index (χ0v) is 20.7. The predicted molar refractivity (Wildman–Crippen MR) is 140 cm³/mol. The van der Waals surface area contributed by atoms with E-state index in [0.29, 0.717) is 10.6 Å². The van der Waals surface area contributed by atoms with Crippen molar-refractivity contribution in [3.63, 3.8) is 0 Å². The highest BCUT2D eigenvalue weighted by Crippen LogP contribution is 2.31. The third-order valence-electron chi connectivity index (χ3n) is 5.92. The molecule has 2 aromatic heterocycles. The first-order chi connectivity index (χ1) is 17.0. The van der Waals surface area contributed by atoms with Gasteiger partial charge in [-0.25, -0.2) is 19.7 Å². The lowest BCUT2D eigenvalue weighted by Gasteiger charge is -2.10. The van der Waals surface area contributed by atoms with Gasteiger partial charge in [-0.2, -0.15) is 0 Å². The Morgan fingerprint density at radius 1 is 0.943 bits per heavy atom. The number of nitrogens with one attached hydrogen (secondary N) is 2. The van der Waals surface area contributed by atoms with E-state index < -0.39 is 5.97 Å². The van der Waals surface area contributed by atoms with Crippen LogP contribution < -0.4 is 10.6 Å². The molecule has 2 saturated carbocycles. The average molecular weight is 532 g/mol. The molecule has 8 heteroatoms. The third kappa shape index (κ3) is 6.41. The van der Waals surface area contributed by atoms with Gasteiger partial charge in [0.05, 0.1) is 5.52 Å². The van der Waals surface area contributed by atoms with Crippen molar-refractivity contribution in [1.29, 1.82) is 0 Å². The molecule has 0 unspecified atom stereocenters. The minimum atomic E-state index is -1.01. The lowest BCUT2D eigenvalue weighted by molar-refractivity contribution is 0.0690. The van der Waals surface area contributed by atoms with Crippen molar-refractivity contribution < 1.29 is 9.90 Å². The van der Waals surface area contributed by atoms with Crippen LogP contribution in [0.5, 0.6) is 0 Å². The van der Waals surface area contributed by atoms with Gasteiger partial charge in [-0.1, -0.05) is 30.3 Å². The number of fused-ring (bicyclic) bond motifs is 1. The summed E-state index contributed by atoms with van der Waals surface area (Å²) in [6.45, 7) is 0.948. The minimum Gasteiger partial charge on any atom is -0.477 e. The normalized spacial score (nSPS) is 14.8. The molecule has 0 spiro atoms. The summed E-state index contributed by atoms with van der Waals surface area (Å²) in [6.07, 6.45) is 6.77. The van der Waals surface area contributed by atoms with Crippen LogP contribution in [0.3, 0.4) is 0 Å². The number of nitrogens with zero attached hydrogens (tertiary/aromatic N) is 3. The molecule has 2 fully saturated rings. The molecule has 2 aliphatic carbocycles. The summed E-state index contributed by atoms with van der Waals surface area (Å²) in [5, 5.41) is 16.6. The monoisotopic (exact) mass is 531 g/mol. The highest BCUT2D eigenvalue weighted by atomic mass is 79.9. The Kier molecular flexibility index (Phi) is 7.01. The van der Waals surface area contributed by atoms with Crippen LogP contribution in [0.4, 0.5) is 5.82 Å². The zero-order chi connectivity index (χ0) is 24.2. The number of aromatic carboxylic acids is 1. The summed E-state index contributed by atoms with van der Waals surface area (Å²) in [4.78, 5) is 22.8. The van der Waals surface area contributed by atoms with E-state index in [9.17, 15) is 4.79 Å². The number of hydrogen-bond acceptors (Lipinski definition) is 6. The van der Waals surface area contributed by atoms with Crippen LogP contribution in [0.25, 0.3) is 22.0 Å². The summed E-state index contributed by atoms with van der Waals surface area (Å²) in [6, 6.07) is 21.3. The molecule has 2 heterocycles. The second-order valence-corrected chi connectivity index (χ2v) is 9.69. The maximum absolute atomic E-state index is 10.3. The number of rotatable bonds is 7. The van der Waals surface area contributed by atoms with Crippen molar-refractivity contribution in [2.24, 2.45) is 0 Å². The molecule has 2 aromatic carbocycles. The Morgan fingerprint density at radius 2 is 1.71 bits per heavy atom. The molecule has 0 atom stereocenters. The van der Waals surface area contributed by atoms with Gasteiger partial charge < -0.3 is 15.7 Å². The lowest BCUT2D eigenvalue weighted by atomic mass is 10.0. The van der Waals surface area contributed by atoms with E-state index in [1.54, 1.807) is 18.5 Å². The van der Waals surface area contributed by atoms with Crippen LogP contribution in [-0.2, 0) is 6.54 Å². The first-order valence-electron chi connectivity index (χ1n) is 11.7. The van der Waals surface area contributed by atoms with Crippen molar-refractivity contribution in [2.45, 2.75) is 44.3 Å². The third-order valence-corrected chi connectivity index (χ3v) is 6.36. The minimum absolute atomic E-state index is 0.0503. The molecule has 35 heavy (non-hydrogen) atoms. The van der Waals surface area contributed by atoms with Crippen LogP contribution in [-0.4, -0.2) is 38.1 Å². The molecule has 0 bridgehead atoms. The first-order valence-corrected chi connectivity index (χ1v) is 12.5. The second-order valence-electron chi connectivity index (χ2n) is 8.88. The SMILES string of the molecule is O=C(O)c1cccc(Br)n1.c1cc(CNC2CC2)cc(-c2ccc3ncnc(NC4CC4)c3c2)c1. The number of pyridine rings is 1. The fourth-order valence-corrected chi connectivity index (χ4v) is 4.05. The van der Waals surface area contributed by atoms with Gasteiger partial charge in [0.1, 0.15) is 22.4 Å².